The smallest absolute Gasteiger partial charge is 0.339 e. The molecule has 2 aromatic heterocycles. The van der Waals surface area contributed by atoms with Crippen LogP contribution in [-0.2, 0) is 7.05 Å². The molecule has 0 unspecified atom stereocenters. The summed E-state index contributed by atoms with van der Waals surface area (Å²) in [5.41, 5.74) is 4.28. The van der Waals surface area contributed by atoms with Crippen molar-refractivity contribution in [3.63, 3.8) is 0 Å². The number of H-pyrrole nitrogens is 1. The third kappa shape index (κ3) is 1.63. The molecule has 3 aromatic rings. The van der Waals surface area contributed by atoms with Crippen molar-refractivity contribution in [2.75, 3.05) is 0 Å². The van der Waals surface area contributed by atoms with Crippen molar-refractivity contribution in [3.05, 3.63) is 41.2 Å². The number of carbonyl (C=O) groups is 1. The lowest BCUT2D eigenvalue weighted by Gasteiger charge is -2.04. The fourth-order valence-corrected chi connectivity index (χ4v) is 2.78. The number of aromatic amines is 1. The topological polar surface area (TPSA) is 70.9 Å². The van der Waals surface area contributed by atoms with E-state index in [9.17, 15) is 9.90 Å². The van der Waals surface area contributed by atoms with Crippen molar-refractivity contribution in [1.82, 2.24) is 14.8 Å². The average Bonchev–Trinajstić information content (AvgIpc) is 2.84. The number of carboxylic acid groups (broad SMARTS) is 1. The molecule has 2 heterocycles. The first kappa shape index (κ1) is 12.5. The third-order valence-electron chi connectivity index (χ3n) is 3.57. The van der Waals surface area contributed by atoms with Gasteiger partial charge in [-0.05, 0) is 19.9 Å². The van der Waals surface area contributed by atoms with Crippen LogP contribution in [0.25, 0.3) is 22.2 Å². The number of hydrogen-bond acceptors (Lipinski definition) is 2. The summed E-state index contributed by atoms with van der Waals surface area (Å²) >= 11 is 0. The molecule has 2 N–H and O–H groups in total. The molecule has 3 rings (SSSR count). The van der Waals surface area contributed by atoms with Crippen LogP contribution in [0.3, 0.4) is 0 Å². The van der Waals surface area contributed by atoms with Crippen LogP contribution in [-0.4, -0.2) is 25.8 Å². The Morgan fingerprint density at radius 3 is 2.70 bits per heavy atom. The molecule has 5 nitrogen and oxygen atoms in total. The number of hydrogen-bond donors (Lipinski definition) is 2. The number of fused-ring (bicyclic) bond motifs is 1. The van der Waals surface area contributed by atoms with Crippen LogP contribution in [0.5, 0.6) is 0 Å². The summed E-state index contributed by atoms with van der Waals surface area (Å²) in [5, 5.41) is 14.7. The number of para-hydroxylation sites is 1. The summed E-state index contributed by atoms with van der Waals surface area (Å²) in [6.45, 7) is 3.67. The van der Waals surface area contributed by atoms with E-state index in [1.165, 1.54) is 0 Å². The molecular weight excluding hydrogens is 254 g/mol. The van der Waals surface area contributed by atoms with Crippen LogP contribution in [0.15, 0.2) is 24.3 Å². The fourth-order valence-electron chi connectivity index (χ4n) is 2.78. The zero-order valence-electron chi connectivity index (χ0n) is 11.6. The Bertz CT molecular complexity index is 827. The summed E-state index contributed by atoms with van der Waals surface area (Å²) in [4.78, 5) is 14.8. The third-order valence-corrected chi connectivity index (χ3v) is 3.57. The van der Waals surface area contributed by atoms with E-state index in [0.717, 1.165) is 22.2 Å². The molecule has 0 radical (unpaired) electrons. The molecule has 0 aliphatic rings. The number of nitrogens with zero attached hydrogens (tertiary/aromatic N) is 2. The molecular formula is C15H15N3O2. The van der Waals surface area contributed by atoms with Gasteiger partial charge in [-0.3, -0.25) is 4.68 Å². The van der Waals surface area contributed by atoms with Gasteiger partial charge in [-0.2, -0.15) is 5.10 Å². The van der Waals surface area contributed by atoms with Gasteiger partial charge in [-0.1, -0.05) is 18.2 Å². The molecule has 0 aliphatic carbocycles. The quantitative estimate of drug-likeness (QED) is 0.751. The lowest BCUT2D eigenvalue weighted by Crippen LogP contribution is -2.02. The summed E-state index contributed by atoms with van der Waals surface area (Å²) in [6.07, 6.45) is 0. The van der Waals surface area contributed by atoms with Crippen molar-refractivity contribution in [3.8, 4) is 11.3 Å². The normalized spacial score (nSPS) is 11.2. The molecule has 0 saturated carbocycles. The predicted molar refractivity (Wildman–Crippen MR) is 76.9 cm³/mol. The second-order valence-electron chi connectivity index (χ2n) is 4.91. The minimum absolute atomic E-state index is 0.264. The van der Waals surface area contributed by atoms with Gasteiger partial charge in [0.2, 0.25) is 0 Å². The Morgan fingerprint density at radius 2 is 2.00 bits per heavy atom. The van der Waals surface area contributed by atoms with E-state index in [2.05, 4.69) is 10.1 Å². The van der Waals surface area contributed by atoms with Gasteiger partial charge in [0.1, 0.15) is 5.56 Å². The molecule has 0 bridgehead atoms. The lowest BCUT2D eigenvalue weighted by molar-refractivity contribution is 0.0697. The monoisotopic (exact) mass is 269 g/mol. The van der Waals surface area contributed by atoms with Gasteiger partial charge in [0.05, 0.1) is 11.4 Å². The Morgan fingerprint density at radius 1 is 1.30 bits per heavy atom. The molecule has 102 valence electrons. The van der Waals surface area contributed by atoms with Gasteiger partial charge < -0.3 is 10.1 Å². The van der Waals surface area contributed by atoms with Gasteiger partial charge in [0.15, 0.2) is 0 Å². The average molecular weight is 269 g/mol. The number of benzene rings is 1. The maximum atomic E-state index is 11.5. The van der Waals surface area contributed by atoms with E-state index in [0.29, 0.717) is 11.4 Å². The van der Waals surface area contributed by atoms with Crippen LogP contribution in [0.2, 0.25) is 0 Å². The number of carboxylic acids is 1. The first-order valence-electron chi connectivity index (χ1n) is 6.35. The molecule has 0 saturated heterocycles. The molecule has 0 spiro atoms. The molecule has 5 heteroatoms. The van der Waals surface area contributed by atoms with Crippen molar-refractivity contribution >= 4 is 16.9 Å². The largest absolute Gasteiger partial charge is 0.478 e. The first-order chi connectivity index (χ1) is 9.50. The molecule has 1 aromatic carbocycles. The van der Waals surface area contributed by atoms with Crippen LogP contribution in [0, 0.1) is 13.8 Å². The summed E-state index contributed by atoms with van der Waals surface area (Å²) in [7, 11) is 1.77. The Kier molecular flexibility index (Phi) is 2.64. The van der Waals surface area contributed by atoms with Crippen molar-refractivity contribution in [2.45, 2.75) is 13.8 Å². The number of aromatic carboxylic acids is 1. The highest BCUT2D eigenvalue weighted by Crippen LogP contribution is 2.34. The summed E-state index contributed by atoms with van der Waals surface area (Å²) < 4.78 is 1.64. The van der Waals surface area contributed by atoms with Crippen molar-refractivity contribution in [2.24, 2.45) is 7.05 Å². The van der Waals surface area contributed by atoms with E-state index in [1.54, 1.807) is 18.7 Å². The van der Waals surface area contributed by atoms with Gasteiger partial charge >= 0.3 is 5.97 Å². The molecule has 20 heavy (non-hydrogen) atoms. The first-order valence-corrected chi connectivity index (χ1v) is 6.35. The van der Waals surface area contributed by atoms with Crippen LogP contribution >= 0.6 is 0 Å². The van der Waals surface area contributed by atoms with E-state index in [-0.39, 0.29) is 5.56 Å². The van der Waals surface area contributed by atoms with E-state index in [1.807, 2.05) is 31.2 Å². The second kappa shape index (κ2) is 4.23. The zero-order valence-corrected chi connectivity index (χ0v) is 11.6. The maximum Gasteiger partial charge on any atom is 0.339 e. The predicted octanol–water partition coefficient (Wildman–Crippen LogP) is 2.88. The summed E-state index contributed by atoms with van der Waals surface area (Å²) in [6, 6.07) is 7.87. The van der Waals surface area contributed by atoms with Crippen LogP contribution < -0.4 is 0 Å². The molecule has 0 fully saturated rings. The number of rotatable bonds is 2. The SMILES string of the molecule is Cc1nn(C)c(-c2c(C)[nH]c3ccccc23)c1C(=O)O. The molecule has 0 aliphatic heterocycles. The van der Waals surface area contributed by atoms with Gasteiger partial charge in [-0.25, -0.2) is 4.79 Å². The van der Waals surface area contributed by atoms with E-state index in [4.69, 9.17) is 0 Å². The minimum Gasteiger partial charge on any atom is -0.478 e. The second-order valence-corrected chi connectivity index (χ2v) is 4.91. The minimum atomic E-state index is -0.949. The Balaban J connectivity index is 2.43. The van der Waals surface area contributed by atoms with Crippen molar-refractivity contribution in [1.29, 1.82) is 0 Å². The van der Waals surface area contributed by atoms with Gasteiger partial charge in [-0.15, -0.1) is 0 Å². The van der Waals surface area contributed by atoms with Gasteiger partial charge in [0, 0.05) is 29.2 Å². The van der Waals surface area contributed by atoms with Gasteiger partial charge in [0.25, 0.3) is 0 Å². The van der Waals surface area contributed by atoms with Crippen LogP contribution in [0.1, 0.15) is 21.7 Å². The standard InChI is InChI=1S/C15H15N3O2/c1-8-12(10-6-4-5-7-11(10)16-8)14-13(15(19)20)9(2)17-18(14)3/h4-7,16H,1-3H3,(H,19,20). The molecule has 0 amide bonds. The highest BCUT2D eigenvalue weighted by molar-refractivity contribution is 6.04. The Labute approximate surface area is 115 Å². The lowest BCUT2D eigenvalue weighted by atomic mass is 10.0. The highest BCUT2D eigenvalue weighted by atomic mass is 16.4. The number of aromatic nitrogens is 3. The summed E-state index contributed by atoms with van der Waals surface area (Å²) in [5.74, 6) is -0.949. The maximum absolute atomic E-state index is 11.5. The van der Waals surface area contributed by atoms with Crippen LogP contribution in [0.4, 0.5) is 0 Å². The zero-order chi connectivity index (χ0) is 14.4. The number of nitrogens with one attached hydrogen (secondary N) is 1. The van der Waals surface area contributed by atoms with E-state index >= 15 is 0 Å². The van der Waals surface area contributed by atoms with E-state index < -0.39 is 5.97 Å². The Hall–Kier alpha value is -2.56. The number of aryl methyl sites for hydroxylation is 3. The fraction of sp³-hybridized carbons (Fsp3) is 0.200. The highest BCUT2D eigenvalue weighted by Gasteiger charge is 2.24. The molecule has 0 atom stereocenters. The van der Waals surface area contributed by atoms with Crippen molar-refractivity contribution < 1.29 is 9.90 Å².